The number of aryl methyl sites for hydroxylation is 1. The fraction of sp³-hybridized carbons (Fsp3) is 0.150. The van der Waals surface area contributed by atoms with Crippen LogP contribution in [0.15, 0.2) is 59.4 Å². The van der Waals surface area contributed by atoms with E-state index in [1.807, 2.05) is 19.1 Å². The Morgan fingerprint density at radius 3 is 2.83 bits per heavy atom. The number of nitrogens with zero attached hydrogens (tertiary/aromatic N) is 4. The predicted octanol–water partition coefficient (Wildman–Crippen LogP) is 3.06. The molecule has 3 aromatic heterocycles. The normalized spacial score (nSPS) is 11.0. The maximum Gasteiger partial charge on any atom is 0.247 e. The van der Waals surface area contributed by atoms with E-state index in [2.05, 4.69) is 15.5 Å². The van der Waals surface area contributed by atoms with Gasteiger partial charge in [0, 0.05) is 17.8 Å². The van der Waals surface area contributed by atoms with Gasteiger partial charge < -0.3 is 15.5 Å². The molecule has 29 heavy (non-hydrogen) atoms. The average molecular weight is 394 g/mol. The van der Waals surface area contributed by atoms with Crippen LogP contribution in [-0.2, 0) is 17.9 Å². The predicted molar refractivity (Wildman–Crippen MR) is 105 cm³/mol. The zero-order valence-corrected chi connectivity index (χ0v) is 15.7. The number of carbonyl (C=O) groups excluding carboxylic acids is 1. The van der Waals surface area contributed by atoms with Crippen LogP contribution in [0.25, 0.3) is 11.1 Å². The Morgan fingerprint density at radius 1 is 1.21 bits per heavy atom. The number of nitrogens with one attached hydrogen (secondary N) is 1. The number of nitrogens with two attached hydrogens (primary N) is 1. The van der Waals surface area contributed by atoms with Crippen LogP contribution in [0.1, 0.15) is 11.5 Å². The van der Waals surface area contributed by atoms with E-state index in [1.54, 1.807) is 35.4 Å². The second-order valence-electron chi connectivity index (χ2n) is 6.60. The minimum absolute atomic E-state index is 0.00247. The molecule has 0 unspecified atom stereocenters. The quantitative estimate of drug-likeness (QED) is 0.489. The molecule has 0 aliphatic rings. The highest BCUT2D eigenvalue weighted by Gasteiger charge is 2.11. The lowest BCUT2D eigenvalue weighted by Crippen LogP contribution is -2.21. The third-order valence-corrected chi connectivity index (χ3v) is 4.36. The molecule has 8 nitrogen and oxygen atoms in total. The first-order valence-electron chi connectivity index (χ1n) is 8.93. The van der Waals surface area contributed by atoms with Crippen molar-refractivity contribution in [1.82, 2.24) is 19.6 Å². The van der Waals surface area contributed by atoms with Crippen LogP contribution in [0.4, 0.5) is 15.9 Å². The molecule has 0 bridgehead atoms. The maximum absolute atomic E-state index is 13.7. The summed E-state index contributed by atoms with van der Waals surface area (Å²) in [4.78, 5) is 12.4. The molecular formula is C20H19FN6O2. The molecule has 0 atom stereocenters. The van der Waals surface area contributed by atoms with Gasteiger partial charge in [-0.3, -0.25) is 9.48 Å². The van der Waals surface area contributed by atoms with Gasteiger partial charge in [-0.15, -0.1) is 0 Å². The lowest BCUT2D eigenvalue weighted by molar-refractivity contribution is -0.116. The second-order valence-corrected chi connectivity index (χ2v) is 6.60. The molecule has 1 amide bonds. The van der Waals surface area contributed by atoms with Crippen molar-refractivity contribution in [2.75, 3.05) is 11.1 Å². The molecular weight excluding hydrogens is 375 g/mol. The number of nitrogen functional groups attached to an aromatic ring is 1. The van der Waals surface area contributed by atoms with E-state index >= 15 is 0 Å². The summed E-state index contributed by atoms with van der Waals surface area (Å²) in [6.07, 6.45) is 4.85. The van der Waals surface area contributed by atoms with Crippen LogP contribution in [-0.4, -0.2) is 25.5 Å². The number of aromatic nitrogens is 4. The van der Waals surface area contributed by atoms with Crippen LogP contribution >= 0.6 is 0 Å². The van der Waals surface area contributed by atoms with E-state index in [4.69, 9.17) is 10.2 Å². The van der Waals surface area contributed by atoms with Gasteiger partial charge in [0.15, 0.2) is 0 Å². The third-order valence-electron chi connectivity index (χ3n) is 4.36. The fourth-order valence-corrected chi connectivity index (χ4v) is 2.92. The van der Waals surface area contributed by atoms with Crippen molar-refractivity contribution in [3.8, 4) is 11.1 Å². The zero-order chi connectivity index (χ0) is 20.4. The van der Waals surface area contributed by atoms with Gasteiger partial charge in [0.1, 0.15) is 36.2 Å². The minimum atomic E-state index is -0.493. The zero-order valence-electron chi connectivity index (χ0n) is 15.7. The smallest absolute Gasteiger partial charge is 0.247 e. The summed E-state index contributed by atoms with van der Waals surface area (Å²) in [6.45, 7) is 2.28. The average Bonchev–Trinajstić information content (AvgIpc) is 3.41. The molecule has 0 spiro atoms. The number of rotatable bonds is 6. The van der Waals surface area contributed by atoms with Gasteiger partial charge >= 0.3 is 0 Å². The molecule has 0 aliphatic heterocycles. The molecule has 148 valence electrons. The van der Waals surface area contributed by atoms with E-state index in [1.165, 1.54) is 16.8 Å². The third kappa shape index (κ3) is 4.18. The summed E-state index contributed by atoms with van der Waals surface area (Å²) in [7, 11) is 0. The summed E-state index contributed by atoms with van der Waals surface area (Å²) in [5.41, 5.74) is 6.91. The fourth-order valence-electron chi connectivity index (χ4n) is 2.92. The van der Waals surface area contributed by atoms with Gasteiger partial charge in [0.05, 0.1) is 18.1 Å². The largest absolute Gasteiger partial charge is 0.464 e. The summed E-state index contributed by atoms with van der Waals surface area (Å²) in [6, 6.07) is 9.99. The summed E-state index contributed by atoms with van der Waals surface area (Å²) in [5, 5.41) is 11.2. The number of anilines is 2. The standard InChI is InChI=1S/C20H19FN6O2/c1-13-2-4-16(29-13)11-27-19(6-7-23-27)25-20(28)12-26-10-15(9-24-26)14-3-5-18(22)17(21)8-14/h2-10H,11-12,22H2,1H3,(H,25,28). The topological polar surface area (TPSA) is 104 Å². The van der Waals surface area contributed by atoms with E-state index in [-0.39, 0.29) is 18.1 Å². The number of hydrogen-bond acceptors (Lipinski definition) is 5. The Kier molecular flexibility index (Phi) is 4.86. The Labute approximate surface area is 165 Å². The first kappa shape index (κ1) is 18.5. The van der Waals surface area contributed by atoms with Crippen molar-refractivity contribution in [3.63, 3.8) is 0 Å². The van der Waals surface area contributed by atoms with Crippen molar-refractivity contribution in [2.24, 2.45) is 0 Å². The van der Waals surface area contributed by atoms with Gasteiger partial charge in [0.25, 0.3) is 0 Å². The van der Waals surface area contributed by atoms with Crippen LogP contribution < -0.4 is 11.1 Å². The van der Waals surface area contributed by atoms with Crippen LogP contribution in [0, 0.1) is 12.7 Å². The number of hydrogen-bond donors (Lipinski definition) is 2. The summed E-state index contributed by atoms with van der Waals surface area (Å²) >= 11 is 0. The maximum atomic E-state index is 13.7. The number of halogens is 1. The van der Waals surface area contributed by atoms with Crippen molar-refractivity contribution in [1.29, 1.82) is 0 Å². The van der Waals surface area contributed by atoms with Crippen molar-refractivity contribution >= 4 is 17.4 Å². The Morgan fingerprint density at radius 2 is 2.07 bits per heavy atom. The van der Waals surface area contributed by atoms with Crippen molar-refractivity contribution in [2.45, 2.75) is 20.0 Å². The molecule has 0 fully saturated rings. The van der Waals surface area contributed by atoms with E-state index in [0.717, 1.165) is 11.5 Å². The molecule has 0 saturated carbocycles. The first-order chi connectivity index (χ1) is 14.0. The van der Waals surface area contributed by atoms with Gasteiger partial charge in [-0.25, -0.2) is 9.07 Å². The Balaban J connectivity index is 1.41. The molecule has 3 heterocycles. The Bertz CT molecular complexity index is 1160. The highest BCUT2D eigenvalue weighted by molar-refractivity contribution is 5.89. The van der Waals surface area contributed by atoms with Gasteiger partial charge in [-0.2, -0.15) is 10.2 Å². The lowest BCUT2D eigenvalue weighted by atomic mass is 10.1. The van der Waals surface area contributed by atoms with Gasteiger partial charge in [0.2, 0.25) is 5.91 Å². The van der Waals surface area contributed by atoms with Crippen LogP contribution in [0.5, 0.6) is 0 Å². The molecule has 1 aromatic carbocycles. The molecule has 9 heteroatoms. The molecule has 0 aliphatic carbocycles. The monoisotopic (exact) mass is 394 g/mol. The molecule has 3 N–H and O–H groups in total. The van der Waals surface area contributed by atoms with E-state index in [9.17, 15) is 9.18 Å². The number of furan rings is 1. The van der Waals surface area contributed by atoms with E-state index < -0.39 is 5.82 Å². The molecule has 0 radical (unpaired) electrons. The first-order valence-corrected chi connectivity index (χ1v) is 8.93. The minimum Gasteiger partial charge on any atom is -0.464 e. The second kappa shape index (κ2) is 7.63. The highest BCUT2D eigenvalue weighted by atomic mass is 19.1. The molecule has 0 saturated heterocycles. The number of amides is 1. The summed E-state index contributed by atoms with van der Waals surface area (Å²) < 4.78 is 22.3. The molecule has 4 aromatic rings. The highest BCUT2D eigenvalue weighted by Crippen LogP contribution is 2.22. The van der Waals surface area contributed by atoms with Gasteiger partial charge in [-0.05, 0) is 36.8 Å². The van der Waals surface area contributed by atoms with Crippen molar-refractivity contribution in [3.05, 3.63) is 72.3 Å². The van der Waals surface area contributed by atoms with Crippen LogP contribution in [0.2, 0.25) is 0 Å². The number of carbonyl (C=O) groups is 1. The Hall–Kier alpha value is -3.88. The van der Waals surface area contributed by atoms with Crippen LogP contribution in [0.3, 0.4) is 0 Å². The number of benzene rings is 1. The molecule has 4 rings (SSSR count). The van der Waals surface area contributed by atoms with Gasteiger partial charge in [-0.1, -0.05) is 6.07 Å². The van der Waals surface area contributed by atoms with Crippen molar-refractivity contribution < 1.29 is 13.6 Å². The van der Waals surface area contributed by atoms with E-state index in [0.29, 0.717) is 23.5 Å². The summed E-state index contributed by atoms with van der Waals surface area (Å²) in [5.74, 6) is 1.35. The lowest BCUT2D eigenvalue weighted by Gasteiger charge is -2.08. The SMILES string of the molecule is Cc1ccc(Cn2nccc2NC(=O)Cn2cc(-c3ccc(N)c(F)c3)cn2)o1.